The standard InChI is InChI=1S/C31H35FN8O2/c1-4-28(41)40-13-12-39(19-23(40)17-33-2)30-24-10-11-38(27-18-34-16-21-6-5-7-25(32)29(21)27)20-26(24)35-31(36-30)42-15-14-37(3)22-8-9-22/h4-7,16,18,22-23H,1,8-15,17,19-20H2,3H3/t23-/m0/s1. The predicted molar refractivity (Wildman–Crippen MR) is 159 cm³/mol. The van der Waals surface area contributed by atoms with Crippen LogP contribution in [0.5, 0.6) is 6.01 Å². The number of benzene rings is 1. The molecule has 0 radical (unpaired) electrons. The Bertz CT molecular complexity index is 1530. The maximum atomic E-state index is 15.0. The highest BCUT2D eigenvalue weighted by Crippen LogP contribution is 2.35. The molecule has 1 aliphatic carbocycles. The third-order valence-corrected chi connectivity index (χ3v) is 8.46. The van der Waals surface area contributed by atoms with Gasteiger partial charge in [-0.05, 0) is 38.5 Å². The molecule has 4 heterocycles. The first-order valence-corrected chi connectivity index (χ1v) is 14.5. The normalized spacial score (nSPS) is 18.6. The largest absolute Gasteiger partial charge is 0.462 e. The van der Waals surface area contributed by atoms with Crippen molar-refractivity contribution < 1.29 is 13.9 Å². The van der Waals surface area contributed by atoms with Crippen LogP contribution in [0.2, 0.25) is 0 Å². The van der Waals surface area contributed by atoms with E-state index in [1.807, 2.05) is 6.07 Å². The van der Waals surface area contributed by atoms with Crippen LogP contribution in [0.3, 0.4) is 0 Å². The molecule has 0 bridgehead atoms. The SMILES string of the molecule is [C-]#[N+]C[C@H]1CN(c2nc(OCCN(C)C3CC3)nc3c2CCN(c2cncc4cccc(F)c24)C3)CCN1C(=O)C=C. The second-order valence-electron chi connectivity index (χ2n) is 11.2. The summed E-state index contributed by atoms with van der Waals surface area (Å²) < 4.78 is 21.1. The molecule has 0 unspecified atom stereocenters. The van der Waals surface area contributed by atoms with E-state index in [4.69, 9.17) is 21.3 Å². The molecule has 0 spiro atoms. The Morgan fingerprint density at radius 2 is 2.10 bits per heavy atom. The summed E-state index contributed by atoms with van der Waals surface area (Å²) in [4.78, 5) is 38.5. The molecule has 2 aromatic heterocycles. The van der Waals surface area contributed by atoms with Crippen molar-refractivity contribution in [3.63, 3.8) is 0 Å². The van der Waals surface area contributed by atoms with Crippen LogP contribution in [0, 0.1) is 12.4 Å². The number of pyridine rings is 1. The second kappa shape index (κ2) is 11.9. The number of carbonyl (C=O) groups excluding carboxylic acids is 1. The van der Waals surface area contributed by atoms with Crippen LogP contribution in [0.15, 0.2) is 43.2 Å². The molecule has 3 aliphatic rings. The summed E-state index contributed by atoms with van der Waals surface area (Å²) in [5, 5.41) is 1.30. The lowest BCUT2D eigenvalue weighted by Crippen LogP contribution is -2.56. The van der Waals surface area contributed by atoms with E-state index in [1.165, 1.54) is 25.0 Å². The molecule has 3 aromatic rings. The van der Waals surface area contributed by atoms with Gasteiger partial charge in [0.2, 0.25) is 12.5 Å². The van der Waals surface area contributed by atoms with Gasteiger partial charge in [0.1, 0.15) is 24.3 Å². The maximum Gasteiger partial charge on any atom is 0.318 e. The van der Waals surface area contributed by atoms with Crippen LogP contribution in [0.25, 0.3) is 15.6 Å². The van der Waals surface area contributed by atoms with Gasteiger partial charge in [0.05, 0.1) is 24.1 Å². The number of piperazine rings is 1. The molecule has 42 heavy (non-hydrogen) atoms. The Morgan fingerprint density at radius 3 is 2.88 bits per heavy atom. The zero-order valence-corrected chi connectivity index (χ0v) is 23.9. The quantitative estimate of drug-likeness (QED) is 0.286. The van der Waals surface area contributed by atoms with Gasteiger partial charge >= 0.3 is 6.01 Å². The number of ether oxygens (including phenoxy) is 1. The van der Waals surface area contributed by atoms with Crippen molar-refractivity contribution in [2.24, 2.45) is 0 Å². The number of carbonyl (C=O) groups is 1. The van der Waals surface area contributed by atoms with E-state index < -0.39 is 0 Å². The van der Waals surface area contributed by atoms with E-state index in [2.05, 4.69) is 38.2 Å². The van der Waals surface area contributed by atoms with Gasteiger partial charge < -0.3 is 29.2 Å². The first-order valence-electron chi connectivity index (χ1n) is 14.5. The van der Waals surface area contributed by atoms with Crippen LogP contribution in [-0.2, 0) is 17.8 Å². The summed E-state index contributed by atoms with van der Waals surface area (Å²) in [6.07, 6.45) is 7.81. The summed E-state index contributed by atoms with van der Waals surface area (Å²) in [7, 11) is 2.11. The predicted octanol–water partition coefficient (Wildman–Crippen LogP) is 3.32. The fourth-order valence-corrected chi connectivity index (χ4v) is 6.03. The van der Waals surface area contributed by atoms with Gasteiger partial charge in [0, 0.05) is 61.3 Å². The van der Waals surface area contributed by atoms with Gasteiger partial charge in [-0.2, -0.15) is 9.97 Å². The van der Waals surface area contributed by atoms with Gasteiger partial charge in [0.25, 0.3) is 0 Å². The maximum absolute atomic E-state index is 15.0. The van der Waals surface area contributed by atoms with Gasteiger partial charge in [-0.3, -0.25) is 9.78 Å². The van der Waals surface area contributed by atoms with Crippen LogP contribution in [0.1, 0.15) is 24.1 Å². The Kier molecular flexibility index (Phi) is 7.89. The van der Waals surface area contributed by atoms with Crippen molar-refractivity contribution in [2.75, 3.05) is 62.7 Å². The van der Waals surface area contributed by atoms with E-state index in [9.17, 15) is 9.18 Å². The van der Waals surface area contributed by atoms with Crippen molar-refractivity contribution in [3.05, 3.63) is 71.7 Å². The van der Waals surface area contributed by atoms with Crippen molar-refractivity contribution >= 4 is 28.2 Å². The lowest BCUT2D eigenvalue weighted by atomic mass is 10.0. The fraction of sp³-hybridized carbons (Fsp3) is 0.452. The van der Waals surface area contributed by atoms with Crippen molar-refractivity contribution in [1.82, 2.24) is 24.8 Å². The molecule has 1 amide bonds. The number of anilines is 2. The van der Waals surface area contributed by atoms with E-state index in [0.717, 1.165) is 34.7 Å². The number of fused-ring (bicyclic) bond motifs is 2. The number of likely N-dealkylation sites (N-methyl/N-ethyl adjacent to an activating group) is 1. The molecule has 10 nitrogen and oxygen atoms in total. The van der Waals surface area contributed by atoms with E-state index in [0.29, 0.717) is 63.2 Å². The number of hydrogen-bond acceptors (Lipinski definition) is 8. The van der Waals surface area contributed by atoms with E-state index in [-0.39, 0.29) is 24.3 Å². The summed E-state index contributed by atoms with van der Waals surface area (Å²) in [5.41, 5.74) is 2.59. The van der Waals surface area contributed by atoms with Gasteiger partial charge in [-0.15, -0.1) is 0 Å². The number of amides is 1. The smallest absolute Gasteiger partial charge is 0.318 e. The molecule has 1 saturated heterocycles. The Morgan fingerprint density at radius 1 is 1.24 bits per heavy atom. The van der Waals surface area contributed by atoms with Crippen LogP contribution in [-0.4, -0.2) is 95.7 Å². The third kappa shape index (κ3) is 5.59. The average Bonchev–Trinajstić information content (AvgIpc) is 3.86. The highest BCUT2D eigenvalue weighted by atomic mass is 19.1. The van der Waals surface area contributed by atoms with Crippen molar-refractivity contribution in [3.8, 4) is 6.01 Å². The van der Waals surface area contributed by atoms with Crippen molar-refractivity contribution in [1.29, 1.82) is 0 Å². The molecular formula is C31H35FN8O2. The number of aromatic nitrogens is 3. The summed E-state index contributed by atoms with van der Waals surface area (Å²) in [6, 6.07) is 5.71. The van der Waals surface area contributed by atoms with E-state index in [1.54, 1.807) is 23.4 Å². The monoisotopic (exact) mass is 570 g/mol. The van der Waals surface area contributed by atoms with E-state index >= 15 is 0 Å². The zero-order valence-electron chi connectivity index (χ0n) is 23.9. The zero-order chi connectivity index (χ0) is 29.2. The average molecular weight is 571 g/mol. The summed E-state index contributed by atoms with van der Waals surface area (Å²) >= 11 is 0. The van der Waals surface area contributed by atoms with Gasteiger partial charge in [-0.1, -0.05) is 18.7 Å². The first-order chi connectivity index (χ1) is 20.5. The molecule has 2 aliphatic heterocycles. The molecule has 2 fully saturated rings. The minimum absolute atomic E-state index is 0.164. The fourth-order valence-electron chi connectivity index (χ4n) is 6.03. The van der Waals surface area contributed by atoms with Crippen LogP contribution < -0.4 is 14.5 Å². The van der Waals surface area contributed by atoms with Gasteiger partial charge in [-0.25, -0.2) is 11.0 Å². The number of rotatable bonds is 9. The summed E-state index contributed by atoms with van der Waals surface area (Å²) in [6.45, 7) is 15.2. The first kappa shape index (κ1) is 27.8. The molecule has 11 heteroatoms. The molecular weight excluding hydrogens is 535 g/mol. The summed E-state index contributed by atoms with van der Waals surface area (Å²) in [5.74, 6) is 0.345. The number of nitrogens with zero attached hydrogens (tertiary/aromatic N) is 8. The van der Waals surface area contributed by atoms with Gasteiger partial charge in [0.15, 0.2) is 0 Å². The molecule has 1 saturated carbocycles. The highest BCUT2D eigenvalue weighted by Gasteiger charge is 2.35. The number of hydrogen-bond donors (Lipinski definition) is 0. The lowest BCUT2D eigenvalue weighted by molar-refractivity contribution is -0.128. The number of halogens is 1. The Labute approximate surface area is 245 Å². The van der Waals surface area contributed by atoms with Crippen LogP contribution >= 0.6 is 0 Å². The van der Waals surface area contributed by atoms with Crippen LogP contribution in [0.4, 0.5) is 15.9 Å². The third-order valence-electron chi connectivity index (χ3n) is 8.46. The minimum Gasteiger partial charge on any atom is -0.462 e. The lowest BCUT2D eigenvalue weighted by Gasteiger charge is -2.41. The Balaban J connectivity index is 1.31. The highest BCUT2D eigenvalue weighted by molar-refractivity contribution is 5.94. The molecule has 6 rings (SSSR count). The second-order valence-corrected chi connectivity index (χ2v) is 11.2. The minimum atomic E-state index is -0.277. The molecule has 218 valence electrons. The molecule has 1 atom stereocenters. The molecule has 0 N–H and O–H groups in total. The molecule has 1 aromatic carbocycles. The topological polar surface area (TPSA) is 82.3 Å². The Hall–Kier alpha value is -4.30. The van der Waals surface area contributed by atoms with Crippen molar-refractivity contribution in [2.45, 2.75) is 37.9 Å².